The summed E-state index contributed by atoms with van der Waals surface area (Å²) in [7, 11) is 0. The van der Waals surface area contributed by atoms with Crippen molar-refractivity contribution >= 4 is 46.4 Å². The molecule has 0 fully saturated rings. The zero-order valence-electron chi connectivity index (χ0n) is 12.7. The number of rotatable bonds is 5. The minimum atomic E-state index is -0.425. The average Bonchev–Trinajstić information content (AvgIpc) is 3.06. The lowest BCUT2D eigenvalue weighted by molar-refractivity contribution is 0.102. The number of nitrogens with zero attached hydrogens (tertiary/aromatic N) is 2. The molecular formula is C17H12Cl3N3O2. The molecule has 2 aromatic carbocycles. The van der Waals surface area contributed by atoms with E-state index in [0.29, 0.717) is 26.5 Å². The third-order valence-corrected chi connectivity index (χ3v) is 4.21. The Labute approximate surface area is 159 Å². The number of halogens is 3. The molecule has 0 atom stereocenters. The summed E-state index contributed by atoms with van der Waals surface area (Å²) < 4.78 is 7.05. The molecule has 3 aromatic rings. The van der Waals surface area contributed by atoms with E-state index < -0.39 is 5.91 Å². The van der Waals surface area contributed by atoms with Crippen molar-refractivity contribution in [1.82, 2.24) is 9.78 Å². The predicted octanol–water partition coefficient (Wildman–Crippen LogP) is 5.13. The first-order valence-electron chi connectivity index (χ1n) is 7.21. The molecule has 3 rings (SSSR count). The number of aromatic nitrogens is 2. The maximum atomic E-state index is 12.3. The van der Waals surface area contributed by atoms with Gasteiger partial charge in [0.25, 0.3) is 5.91 Å². The van der Waals surface area contributed by atoms with Crippen LogP contribution in [0.1, 0.15) is 10.5 Å². The van der Waals surface area contributed by atoms with Crippen molar-refractivity contribution in [3.05, 3.63) is 75.5 Å². The second kappa shape index (κ2) is 7.78. The van der Waals surface area contributed by atoms with E-state index in [1.165, 1.54) is 4.68 Å². The standard InChI is InChI=1S/C17H12Cl3N3O2/c18-11-4-1-2-7-15(11)25-10-23-9-8-14(22-23)17(24)21-16-12(19)5-3-6-13(16)20/h1-9H,10H2,(H,21,24). The van der Waals surface area contributed by atoms with E-state index in [0.717, 1.165) is 0 Å². The number of carbonyl (C=O) groups excluding carboxylic acids is 1. The van der Waals surface area contributed by atoms with E-state index in [4.69, 9.17) is 39.5 Å². The van der Waals surface area contributed by atoms with Crippen LogP contribution in [0, 0.1) is 0 Å². The number of para-hydroxylation sites is 2. The lowest BCUT2D eigenvalue weighted by Crippen LogP contribution is -2.14. The Balaban J connectivity index is 1.67. The van der Waals surface area contributed by atoms with Crippen LogP contribution >= 0.6 is 34.8 Å². The second-order valence-electron chi connectivity index (χ2n) is 5.00. The Morgan fingerprint density at radius 1 is 1.00 bits per heavy atom. The van der Waals surface area contributed by atoms with Crippen LogP contribution in [-0.2, 0) is 6.73 Å². The van der Waals surface area contributed by atoms with Crippen LogP contribution in [0.15, 0.2) is 54.7 Å². The molecular weight excluding hydrogens is 385 g/mol. The van der Waals surface area contributed by atoms with Crippen molar-refractivity contribution in [2.24, 2.45) is 0 Å². The molecule has 0 aliphatic heterocycles. The first kappa shape index (κ1) is 17.6. The normalized spacial score (nSPS) is 10.5. The Kier molecular flexibility index (Phi) is 5.48. The smallest absolute Gasteiger partial charge is 0.276 e. The van der Waals surface area contributed by atoms with Crippen molar-refractivity contribution < 1.29 is 9.53 Å². The van der Waals surface area contributed by atoms with Crippen LogP contribution in [0.5, 0.6) is 5.75 Å². The van der Waals surface area contributed by atoms with Gasteiger partial charge in [-0.15, -0.1) is 0 Å². The summed E-state index contributed by atoms with van der Waals surface area (Å²) in [6.45, 7) is 0.115. The van der Waals surface area contributed by atoms with Crippen molar-refractivity contribution in [1.29, 1.82) is 0 Å². The van der Waals surface area contributed by atoms with Crippen LogP contribution in [-0.4, -0.2) is 15.7 Å². The molecule has 0 spiro atoms. The zero-order valence-corrected chi connectivity index (χ0v) is 15.0. The average molecular weight is 397 g/mol. The van der Waals surface area contributed by atoms with Gasteiger partial charge in [0.1, 0.15) is 5.75 Å². The highest BCUT2D eigenvalue weighted by molar-refractivity contribution is 6.40. The lowest BCUT2D eigenvalue weighted by Gasteiger charge is -2.08. The number of nitrogens with one attached hydrogen (secondary N) is 1. The summed E-state index contributed by atoms with van der Waals surface area (Å²) in [6.07, 6.45) is 1.62. The van der Waals surface area contributed by atoms with Crippen LogP contribution in [0.4, 0.5) is 5.69 Å². The Bertz CT molecular complexity index is 891. The summed E-state index contributed by atoms with van der Waals surface area (Å²) >= 11 is 18.1. The van der Waals surface area contributed by atoms with Gasteiger partial charge in [-0.3, -0.25) is 4.79 Å². The molecule has 1 amide bonds. The fourth-order valence-corrected chi connectivity index (χ4v) is 2.73. The van der Waals surface area contributed by atoms with Crippen molar-refractivity contribution in [2.45, 2.75) is 6.73 Å². The van der Waals surface area contributed by atoms with Crippen LogP contribution in [0.25, 0.3) is 0 Å². The van der Waals surface area contributed by atoms with Crippen molar-refractivity contribution in [3.63, 3.8) is 0 Å². The van der Waals surface area contributed by atoms with Gasteiger partial charge in [0.15, 0.2) is 12.4 Å². The quantitative estimate of drug-likeness (QED) is 0.650. The van der Waals surface area contributed by atoms with Gasteiger partial charge in [-0.1, -0.05) is 53.0 Å². The van der Waals surface area contributed by atoms with Gasteiger partial charge in [0, 0.05) is 6.20 Å². The van der Waals surface area contributed by atoms with E-state index in [9.17, 15) is 4.79 Å². The van der Waals surface area contributed by atoms with E-state index in [1.807, 2.05) is 12.1 Å². The van der Waals surface area contributed by atoms with Gasteiger partial charge in [0.2, 0.25) is 0 Å². The molecule has 0 aliphatic carbocycles. The van der Waals surface area contributed by atoms with Crippen LogP contribution in [0.3, 0.4) is 0 Å². The molecule has 1 aromatic heterocycles. The molecule has 0 radical (unpaired) electrons. The molecule has 1 N–H and O–H groups in total. The summed E-state index contributed by atoms with van der Waals surface area (Å²) in [4.78, 5) is 12.3. The van der Waals surface area contributed by atoms with Crippen LogP contribution < -0.4 is 10.1 Å². The summed E-state index contributed by atoms with van der Waals surface area (Å²) in [5.41, 5.74) is 0.552. The number of amides is 1. The Hall–Kier alpha value is -2.21. The fourth-order valence-electron chi connectivity index (χ4n) is 2.05. The largest absolute Gasteiger partial charge is 0.470 e. The van der Waals surface area contributed by atoms with Gasteiger partial charge in [0.05, 0.1) is 20.8 Å². The van der Waals surface area contributed by atoms with E-state index >= 15 is 0 Å². The van der Waals surface area contributed by atoms with Gasteiger partial charge in [-0.2, -0.15) is 5.10 Å². The summed E-state index contributed by atoms with van der Waals surface area (Å²) in [6, 6.07) is 13.6. The Morgan fingerprint density at radius 3 is 2.40 bits per heavy atom. The summed E-state index contributed by atoms with van der Waals surface area (Å²) in [5, 5.41) is 8.01. The van der Waals surface area contributed by atoms with Crippen molar-refractivity contribution in [2.75, 3.05) is 5.32 Å². The molecule has 25 heavy (non-hydrogen) atoms. The molecule has 0 saturated carbocycles. The first-order chi connectivity index (χ1) is 12.0. The SMILES string of the molecule is O=C(Nc1c(Cl)cccc1Cl)c1ccn(COc2ccccc2Cl)n1. The molecule has 0 unspecified atom stereocenters. The minimum Gasteiger partial charge on any atom is -0.470 e. The second-order valence-corrected chi connectivity index (χ2v) is 6.22. The predicted molar refractivity (Wildman–Crippen MR) is 98.7 cm³/mol. The number of hydrogen-bond acceptors (Lipinski definition) is 3. The molecule has 128 valence electrons. The molecule has 5 nitrogen and oxygen atoms in total. The third kappa shape index (κ3) is 4.25. The molecule has 1 heterocycles. The maximum absolute atomic E-state index is 12.3. The van der Waals surface area contributed by atoms with E-state index in [1.54, 1.807) is 42.6 Å². The van der Waals surface area contributed by atoms with Gasteiger partial charge in [-0.05, 0) is 30.3 Å². The lowest BCUT2D eigenvalue weighted by atomic mass is 10.3. The van der Waals surface area contributed by atoms with Gasteiger partial charge >= 0.3 is 0 Å². The first-order valence-corrected chi connectivity index (χ1v) is 8.34. The van der Waals surface area contributed by atoms with Gasteiger partial charge < -0.3 is 10.1 Å². The number of benzene rings is 2. The number of ether oxygens (including phenoxy) is 1. The number of carbonyl (C=O) groups is 1. The Morgan fingerprint density at radius 2 is 1.68 bits per heavy atom. The topological polar surface area (TPSA) is 56.2 Å². The maximum Gasteiger partial charge on any atom is 0.276 e. The molecule has 8 heteroatoms. The van der Waals surface area contributed by atoms with Gasteiger partial charge in [-0.25, -0.2) is 4.68 Å². The third-order valence-electron chi connectivity index (χ3n) is 3.26. The molecule has 0 saturated heterocycles. The van der Waals surface area contributed by atoms with Crippen molar-refractivity contribution in [3.8, 4) is 5.75 Å². The fraction of sp³-hybridized carbons (Fsp3) is 0.0588. The highest BCUT2D eigenvalue weighted by Gasteiger charge is 2.14. The molecule has 0 aliphatic rings. The summed E-state index contributed by atoms with van der Waals surface area (Å²) in [5.74, 6) is 0.111. The highest BCUT2D eigenvalue weighted by Crippen LogP contribution is 2.30. The number of hydrogen-bond donors (Lipinski definition) is 1. The molecule has 0 bridgehead atoms. The van der Waals surface area contributed by atoms with Crippen LogP contribution in [0.2, 0.25) is 15.1 Å². The number of anilines is 1. The van der Waals surface area contributed by atoms with E-state index in [-0.39, 0.29) is 12.4 Å². The highest BCUT2D eigenvalue weighted by atomic mass is 35.5. The monoisotopic (exact) mass is 395 g/mol. The van der Waals surface area contributed by atoms with E-state index in [2.05, 4.69) is 10.4 Å². The zero-order chi connectivity index (χ0) is 17.8. The minimum absolute atomic E-state index is 0.115.